The number of hydrazine groups is 1. The monoisotopic (exact) mass is 370 g/mol. The summed E-state index contributed by atoms with van der Waals surface area (Å²) in [5.74, 6) is 5.69. The number of fused-ring (bicyclic) bond motifs is 1. The molecule has 7 heteroatoms. The normalized spacial score (nSPS) is 12.9. The summed E-state index contributed by atoms with van der Waals surface area (Å²) in [7, 11) is 0. The number of nitrogens with two attached hydrogens (primary N) is 1. The first-order chi connectivity index (χ1) is 9.69. The SMILES string of the molecule is NNC(Cc1cn2ccsc2n1)c1cccc(Br)c1Cl. The van der Waals surface area contributed by atoms with E-state index in [-0.39, 0.29) is 6.04 Å². The lowest BCUT2D eigenvalue weighted by Crippen LogP contribution is -2.30. The lowest BCUT2D eigenvalue weighted by Gasteiger charge is -2.17. The van der Waals surface area contributed by atoms with E-state index in [2.05, 4.69) is 26.3 Å². The average molecular weight is 372 g/mol. The molecule has 4 nitrogen and oxygen atoms in total. The van der Waals surface area contributed by atoms with E-state index >= 15 is 0 Å². The molecule has 1 atom stereocenters. The molecular formula is C13H12BrClN4S. The summed E-state index contributed by atoms with van der Waals surface area (Å²) < 4.78 is 2.87. The molecule has 3 N–H and O–H groups in total. The molecular weight excluding hydrogens is 360 g/mol. The summed E-state index contributed by atoms with van der Waals surface area (Å²) in [6.07, 6.45) is 4.69. The fraction of sp³-hybridized carbons (Fsp3) is 0.154. The predicted molar refractivity (Wildman–Crippen MR) is 86.0 cm³/mol. The largest absolute Gasteiger partial charge is 0.297 e. The van der Waals surface area contributed by atoms with Crippen LogP contribution in [0.5, 0.6) is 0 Å². The maximum Gasteiger partial charge on any atom is 0.193 e. The third-order valence-corrected chi connectivity index (χ3v) is 5.20. The van der Waals surface area contributed by atoms with Gasteiger partial charge in [0.05, 0.1) is 16.8 Å². The van der Waals surface area contributed by atoms with Crippen LogP contribution in [0.2, 0.25) is 5.02 Å². The van der Waals surface area contributed by atoms with Crippen molar-refractivity contribution in [3.8, 4) is 0 Å². The van der Waals surface area contributed by atoms with Gasteiger partial charge >= 0.3 is 0 Å². The molecule has 0 spiro atoms. The molecule has 0 saturated carbocycles. The second-order valence-corrected chi connectivity index (χ2v) is 6.50. The maximum atomic E-state index is 6.32. The Morgan fingerprint density at radius 1 is 1.50 bits per heavy atom. The number of thiazole rings is 1. The van der Waals surface area contributed by atoms with E-state index in [1.165, 1.54) is 0 Å². The number of rotatable bonds is 4. The van der Waals surface area contributed by atoms with Crippen LogP contribution in [0.25, 0.3) is 4.96 Å². The lowest BCUT2D eigenvalue weighted by atomic mass is 10.0. The van der Waals surface area contributed by atoms with Crippen LogP contribution in [0, 0.1) is 0 Å². The summed E-state index contributed by atoms with van der Waals surface area (Å²) >= 11 is 11.4. The van der Waals surface area contributed by atoms with Gasteiger partial charge in [-0.1, -0.05) is 23.7 Å². The Kier molecular flexibility index (Phi) is 4.09. The summed E-state index contributed by atoms with van der Waals surface area (Å²) in [4.78, 5) is 5.55. The second kappa shape index (κ2) is 5.83. The van der Waals surface area contributed by atoms with Crippen LogP contribution in [0.15, 0.2) is 40.4 Å². The number of halogens is 2. The first-order valence-electron chi connectivity index (χ1n) is 6.00. The summed E-state index contributed by atoms with van der Waals surface area (Å²) in [6, 6.07) is 5.74. The van der Waals surface area contributed by atoms with E-state index in [1.54, 1.807) is 11.3 Å². The van der Waals surface area contributed by atoms with Gasteiger partial charge < -0.3 is 0 Å². The van der Waals surface area contributed by atoms with Crippen molar-refractivity contribution in [2.45, 2.75) is 12.5 Å². The predicted octanol–water partition coefficient (Wildman–Crippen LogP) is 3.56. The minimum atomic E-state index is -0.0791. The smallest absolute Gasteiger partial charge is 0.193 e. The van der Waals surface area contributed by atoms with Crippen LogP contribution in [0.4, 0.5) is 0 Å². The van der Waals surface area contributed by atoms with Gasteiger partial charge in [0.1, 0.15) is 0 Å². The highest BCUT2D eigenvalue weighted by molar-refractivity contribution is 9.10. The number of nitrogens with zero attached hydrogens (tertiary/aromatic N) is 2. The number of hydrogen-bond acceptors (Lipinski definition) is 4. The molecule has 2 heterocycles. The number of imidazole rings is 1. The fourth-order valence-electron chi connectivity index (χ4n) is 2.13. The lowest BCUT2D eigenvalue weighted by molar-refractivity contribution is 0.547. The van der Waals surface area contributed by atoms with E-state index in [0.717, 1.165) is 20.7 Å². The van der Waals surface area contributed by atoms with Crippen molar-refractivity contribution >= 4 is 43.8 Å². The second-order valence-electron chi connectivity index (χ2n) is 4.39. The molecule has 3 aromatic rings. The first kappa shape index (κ1) is 14.0. The Balaban J connectivity index is 1.90. The molecule has 0 radical (unpaired) electrons. The van der Waals surface area contributed by atoms with Crippen molar-refractivity contribution in [2.24, 2.45) is 5.84 Å². The maximum absolute atomic E-state index is 6.32. The van der Waals surface area contributed by atoms with Crippen LogP contribution in [0.1, 0.15) is 17.3 Å². The molecule has 0 aliphatic heterocycles. The summed E-state index contributed by atoms with van der Waals surface area (Å²) in [5, 5.41) is 2.69. The topological polar surface area (TPSA) is 55.3 Å². The highest BCUT2D eigenvalue weighted by Crippen LogP contribution is 2.31. The minimum Gasteiger partial charge on any atom is -0.297 e. The molecule has 1 aromatic carbocycles. The Bertz CT molecular complexity index is 710. The van der Waals surface area contributed by atoms with Gasteiger partial charge in [-0.15, -0.1) is 11.3 Å². The zero-order valence-electron chi connectivity index (χ0n) is 10.4. The van der Waals surface area contributed by atoms with Gasteiger partial charge in [0.15, 0.2) is 4.96 Å². The fourth-order valence-corrected chi connectivity index (χ4v) is 3.49. The molecule has 0 aliphatic carbocycles. The minimum absolute atomic E-state index is 0.0791. The van der Waals surface area contributed by atoms with Crippen molar-refractivity contribution in [1.29, 1.82) is 0 Å². The zero-order valence-corrected chi connectivity index (χ0v) is 13.5. The molecule has 0 aliphatic rings. The Labute approximate surface area is 133 Å². The van der Waals surface area contributed by atoms with Gasteiger partial charge in [-0.05, 0) is 27.6 Å². The van der Waals surface area contributed by atoms with Gasteiger partial charge in [-0.2, -0.15) is 0 Å². The first-order valence-corrected chi connectivity index (χ1v) is 8.05. The number of hydrogen-bond donors (Lipinski definition) is 2. The zero-order chi connectivity index (χ0) is 14.1. The average Bonchev–Trinajstić information content (AvgIpc) is 3.00. The van der Waals surface area contributed by atoms with E-state index in [0.29, 0.717) is 11.4 Å². The molecule has 20 heavy (non-hydrogen) atoms. The Morgan fingerprint density at radius 3 is 3.10 bits per heavy atom. The molecule has 0 fully saturated rings. The number of aromatic nitrogens is 2. The van der Waals surface area contributed by atoms with Crippen LogP contribution < -0.4 is 11.3 Å². The highest BCUT2D eigenvalue weighted by atomic mass is 79.9. The Hall–Kier alpha value is -0.920. The van der Waals surface area contributed by atoms with E-state index in [1.807, 2.05) is 40.4 Å². The molecule has 0 bridgehead atoms. The molecule has 0 amide bonds. The van der Waals surface area contributed by atoms with Crippen LogP contribution in [0.3, 0.4) is 0 Å². The molecule has 104 valence electrons. The van der Waals surface area contributed by atoms with Crippen LogP contribution in [-0.2, 0) is 6.42 Å². The van der Waals surface area contributed by atoms with Crippen molar-refractivity contribution in [1.82, 2.24) is 14.8 Å². The Morgan fingerprint density at radius 2 is 2.35 bits per heavy atom. The number of nitrogens with one attached hydrogen (secondary N) is 1. The van der Waals surface area contributed by atoms with Crippen molar-refractivity contribution < 1.29 is 0 Å². The van der Waals surface area contributed by atoms with Crippen molar-refractivity contribution in [3.05, 3.63) is 56.7 Å². The van der Waals surface area contributed by atoms with Crippen LogP contribution in [-0.4, -0.2) is 9.38 Å². The van der Waals surface area contributed by atoms with Gasteiger partial charge in [0.25, 0.3) is 0 Å². The third kappa shape index (κ3) is 2.62. The van der Waals surface area contributed by atoms with Gasteiger partial charge in [0, 0.05) is 28.7 Å². The standard InChI is InChI=1S/C13H12BrClN4S/c14-10-3-1-2-9(12(10)15)11(18-16)6-8-7-19-4-5-20-13(19)17-8/h1-5,7,11,18H,6,16H2. The quantitative estimate of drug-likeness (QED) is 0.544. The van der Waals surface area contributed by atoms with Crippen molar-refractivity contribution in [3.63, 3.8) is 0 Å². The van der Waals surface area contributed by atoms with Crippen LogP contribution >= 0.6 is 38.9 Å². The van der Waals surface area contributed by atoms with Gasteiger partial charge in [-0.3, -0.25) is 15.7 Å². The van der Waals surface area contributed by atoms with E-state index in [9.17, 15) is 0 Å². The van der Waals surface area contributed by atoms with E-state index < -0.39 is 0 Å². The summed E-state index contributed by atoms with van der Waals surface area (Å²) in [5.41, 5.74) is 4.76. The van der Waals surface area contributed by atoms with E-state index in [4.69, 9.17) is 17.4 Å². The molecule has 1 unspecified atom stereocenters. The van der Waals surface area contributed by atoms with Gasteiger partial charge in [-0.25, -0.2) is 4.98 Å². The molecule has 2 aromatic heterocycles. The summed E-state index contributed by atoms with van der Waals surface area (Å²) in [6.45, 7) is 0. The molecule has 0 saturated heterocycles. The third-order valence-electron chi connectivity index (χ3n) is 3.11. The molecule has 3 rings (SSSR count). The van der Waals surface area contributed by atoms with Gasteiger partial charge in [0.2, 0.25) is 0 Å². The highest BCUT2D eigenvalue weighted by Gasteiger charge is 2.17. The number of benzene rings is 1. The van der Waals surface area contributed by atoms with Crippen molar-refractivity contribution in [2.75, 3.05) is 0 Å².